The average molecular weight is 512 g/mol. The number of nitrogens with one attached hydrogen (secondary N) is 1. The van der Waals surface area contributed by atoms with E-state index in [9.17, 15) is 0 Å². The summed E-state index contributed by atoms with van der Waals surface area (Å²) in [6.07, 6.45) is 3.92. The van der Waals surface area contributed by atoms with Crippen LogP contribution in [-0.4, -0.2) is 60.6 Å². The largest absolute Gasteiger partial charge is 0.455 e. The van der Waals surface area contributed by atoms with Gasteiger partial charge >= 0.3 is 0 Å². The SMILES string of the molecule is Cc1ccc(-c2ccc(/C=N\Nc3nc(N4CCCC4)nc(N4CCOCC4)n3)o2)c(Br)c1. The van der Waals surface area contributed by atoms with E-state index < -0.39 is 0 Å². The van der Waals surface area contributed by atoms with Crippen molar-refractivity contribution < 1.29 is 9.15 Å². The van der Waals surface area contributed by atoms with Gasteiger partial charge in [0.1, 0.15) is 11.5 Å². The first-order chi connectivity index (χ1) is 16.2. The van der Waals surface area contributed by atoms with Crippen molar-refractivity contribution in [2.24, 2.45) is 5.10 Å². The molecule has 2 fully saturated rings. The first-order valence-corrected chi connectivity index (χ1v) is 11.9. The highest BCUT2D eigenvalue weighted by molar-refractivity contribution is 9.10. The van der Waals surface area contributed by atoms with Crippen LogP contribution in [0, 0.1) is 6.92 Å². The Hall–Kier alpha value is -2.98. The minimum absolute atomic E-state index is 0.415. The van der Waals surface area contributed by atoms with E-state index in [1.54, 1.807) is 6.21 Å². The Morgan fingerprint density at radius 3 is 2.42 bits per heavy atom. The molecule has 0 saturated carbocycles. The van der Waals surface area contributed by atoms with E-state index in [1.807, 2.05) is 18.2 Å². The zero-order valence-electron chi connectivity index (χ0n) is 18.5. The monoisotopic (exact) mass is 511 g/mol. The van der Waals surface area contributed by atoms with Crippen molar-refractivity contribution >= 4 is 40.0 Å². The van der Waals surface area contributed by atoms with Gasteiger partial charge in [-0.05, 0) is 49.6 Å². The lowest BCUT2D eigenvalue weighted by Crippen LogP contribution is -2.38. The number of halogens is 1. The molecule has 0 spiro atoms. The van der Waals surface area contributed by atoms with Gasteiger partial charge in [-0.2, -0.15) is 20.1 Å². The highest BCUT2D eigenvalue weighted by Gasteiger charge is 2.21. The quantitative estimate of drug-likeness (QED) is 0.390. The fourth-order valence-corrected chi connectivity index (χ4v) is 4.60. The van der Waals surface area contributed by atoms with E-state index in [-0.39, 0.29) is 0 Å². The van der Waals surface area contributed by atoms with Crippen LogP contribution in [0.1, 0.15) is 24.2 Å². The maximum absolute atomic E-state index is 5.95. The molecule has 10 heteroatoms. The molecule has 0 atom stereocenters. The fourth-order valence-electron chi connectivity index (χ4n) is 3.91. The van der Waals surface area contributed by atoms with Crippen molar-refractivity contribution in [3.63, 3.8) is 0 Å². The normalized spacial score (nSPS) is 16.7. The number of nitrogens with zero attached hydrogens (tertiary/aromatic N) is 6. The van der Waals surface area contributed by atoms with Gasteiger partial charge in [0.2, 0.25) is 17.8 Å². The fraction of sp³-hybridized carbons (Fsp3) is 0.391. The molecule has 2 aromatic heterocycles. The number of furan rings is 1. The number of benzene rings is 1. The van der Waals surface area contributed by atoms with Crippen LogP contribution in [-0.2, 0) is 4.74 Å². The van der Waals surface area contributed by atoms with Gasteiger partial charge in [0.05, 0.1) is 19.4 Å². The van der Waals surface area contributed by atoms with Crippen molar-refractivity contribution in [1.82, 2.24) is 15.0 Å². The Labute approximate surface area is 201 Å². The molecule has 0 amide bonds. The Bertz CT molecular complexity index is 1140. The molecule has 5 rings (SSSR count). The van der Waals surface area contributed by atoms with E-state index in [2.05, 4.69) is 65.3 Å². The van der Waals surface area contributed by atoms with E-state index in [0.717, 1.165) is 54.8 Å². The molecule has 1 N–H and O–H groups in total. The van der Waals surface area contributed by atoms with E-state index in [1.165, 1.54) is 5.56 Å². The van der Waals surface area contributed by atoms with Crippen LogP contribution in [0.2, 0.25) is 0 Å². The molecule has 172 valence electrons. The number of hydrazone groups is 1. The van der Waals surface area contributed by atoms with Crippen LogP contribution in [0.25, 0.3) is 11.3 Å². The second-order valence-electron chi connectivity index (χ2n) is 8.11. The molecule has 2 aliphatic heterocycles. The van der Waals surface area contributed by atoms with Crippen molar-refractivity contribution in [1.29, 1.82) is 0 Å². The predicted octanol–water partition coefficient (Wildman–Crippen LogP) is 4.09. The molecule has 2 aliphatic rings. The third-order valence-electron chi connectivity index (χ3n) is 5.67. The summed E-state index contributed by atoms with van der Waals surface area (Å²) in [5.74, 6) is 3.16. The summed E-state index contributed by atoms with van der Waals surface area (Å²) in [4.78, 5) is 18.2. The summed E-state index contributed by atoms with van der Waals surface area (Å²) in [5, 5.41) is 4.31. The molecule has 9 nitrogen and oxygen atoms in total. The Kier molecular flexibility index (Phi) is 6.54. The number of aromatic nitrogens is 3. The van der Waals surface area contributed by atoms with Crippen molar-refractivity contribution in [3.8, 4) is 11.3 Å². The summed E-state index contributed by atoms with van der Waals surface area (Å²) in [6, 6.07) is 9.98. The molecule has 2 saturated heterocycles. The number of ether oxygens (including phenoxy) is 1. The highest BCUT2D eigenvalue weighted by atomic mass is 79.9. The van der Waals surface area contributed by atoms with Crippen LogP contribution in [0.3, 0.4) is 0 Å². The maximum Gasteiger partial charge on any atom is 0.250 e. The number of hydrogen-bond acceptors (Lipinski definition) is 9. The van der Waals surface area contributed by atoms with E-state index in [0.29, 0.717) is 36.8 Å². The van der Waals surface area contributed by atoms with Crippen LogP contribution in [0.5, 0.6) is 0 Å². The van der Waals surface area contributed by atoms with E-state index in [4.69, 9.17) is 14.1 Å². The van der Waals surface area contributed by atoms with Gasteiger partial charge in [-0.15, -0.1) is 0 Å². The van der Waals surface area contributed by atoms with Gasteiger partial charge in [0.25, 0.3) is 0 Å². The summed E-state index contributed by atoms with van der Waals surface area (Å²) >= 11 is 3.61. The molecular weight excluding hydrogens is 486 g/mol. The molecular formula is C23H26BrN7O2. The second kappa shape index (κ2) is 9.88. The van der Waals surface area contributed by atoms with Gasteiger partial charge in [0.15, 0.2) is 0 Å². The predicted molar refractivity (Wildman–Crippen MR) is 132 cm³/mol. The lowest BCUT2D eigenvalue weighted by molar-refractivity contribution is 0.122. The standard InChI is InChI=1S/C23H26BrN7O2/c1-16-4-6-18(19(24)14-16)20-7-5-17(33-20)15-25-29-21-26-22(30-8-2-3-9-30)28-23(27-21)31-10-12-32-13-11-31/h4-7,14-15H,2-3,8-13H2,1H3,(H,26,27,28,29)/b25-15-. The minimum atomic E-state index is 0.415. The van der Waals surface area contributed by atoms with E-state index >= 15 is 0 Å². The Balaban J connectivity index is 1.33. The van der Waals surface area contributed by atoms with Crippen molar-refractivity contribution in [2.45, 2.75) is 19.8 Å². The van der Waals surface area contributed by atoms with Crippen LogP contribution in [0.15, 0.2) is 44.3 Å². The summed E-state index contributed by atoms with van der Waals surface area (Å²) < 4.78 is 12.4. The number of hydrogen-bond donors (Lipinski definition) is 1. The summed E-state index contributed by atoms with van der Waals surface area (Å²) in [6.45, 7) is 6.83. The van der Waals surface area contributed by atoms with Gasteiger partial charge in [-0.25, -0.2) is 5.43 Å². The van der Waals surface area contributed by atoms with Crippen LogP contribution >= 0.6 is 15.9 Å². The smallest absolute Gasteiger partial charge is 0.250 e. The molecule has 1 aromatic carbocycles. The van der Waals surface area contributed by atoms with Crippen molar-refractivity contribution in [2.75, 3.05) is 54.6 Å². The average Bonchev–Trinajstić information content (AvgIpc) is 3.52. The third-order valence-corrected chi connectivity index (χ3v) is 6.32. The van der Waals surface area contributed by atoms with Crippen LogP contribution in [0.4, 0.5) is 17.8 Å². The summed E-state index contributed by atoms with van der Waals surface area (Å²) in [5.41, 5.74) is 5.14. The molecule has 4 heterocycles. The topological polar surface area (TPSA) is 91.9 Å². The molecule has 3 aromatic rings. The first kappa shape index (κ1) is 21.8. The number of morpholine rings is 1. The number of aryl methyl sites for hydroxylation is 1. The molecule has 0 radical (unpaired) electrons. The van der Waals surface area contributed by atoms with Gasteiger partial charge < -0.3 is 19.0 Å². The van der Waals surface area contributed by atoms with Gasteiger partial charge in [-0.1, -0.05) is 22.0 Å². The number of rotatable bonds is 6. The number of anilines is 3. The second-order valence-corrected chi connectivity index (χ2v) is 8.96. The third kappa shape index (κ3) is 5.17. The lowest BCUT2D eigenvalue weighted by Gasteiger charge is -2.27. The highest BCUT2D eigenvalue weighted by Crippen LogP contribution is 2.30. The van der Waals surface area contributed by atoms with Gasteiger partial charge in [-0.3, -0.25) is 0 Å². The van der Waals surface area contributed by atoms with Crippen molar-refractivity contribution in [3.05, 3.63) is 46.1 Å². The molecule has 33 heavy (non-hydrogen) atoms. The lowest BCUT2D eigenvalue weighted by atomic mass is 10.1. The molecule has 0 aliphatic carbocycles. The zero-order chi connectivity index (χ0) is 22.6. The Morgan fingerprint density at radius 1 is 0.970 bits per heavy atom. The molecule has 0 unspecified atom stereocenters. The Morgan fingerprint density at radius 2 is 1.70 bits per heavy atom. The van der Waals surface area contributed by atoms with Gasteiger partial charge in [0, 0.05) is 36.2 Å². The first-order valence-electron chi connectivity index (χ1n) is 11.1. The summed E-state index contributed by atoms with van der Waals surface area (Å²) in [7, 11) is 0. The maximum atomic E-state index is 5.95. The zero-order valence-corrected chi connectivity index (χ0v) is 20.1. The minimum Gasteiger partial charge on any atom is -0.455 e. The van der Waals surface area contributed by atoms with Crippen LogP contribution < -0.4 is 15.2 Å². The molecule has 0 bridgehead atoms.